The van der Waals surface area contributed by atoms with Gasteiger partial charge in [0.05, 0.1) is 0 Å². The van der Waals surface area contributed by atoms with Gasteiger partial charge in [-0.3, -0.25) is 0 Å². The number of benzene rings is 2. The van der Waals surface area contributed by atoms with Crippen LogP contribution in [0.1, 0.15) is 27.2 Å². The quantitative estimate of drug-likeness (QED) is 0.691. The Labute approximate surface area is 116 Å². The van der Waals surface area contributed by atoms with E-state index in [0.29, 0.717) is 6.42 Å². The average Bonchev–Trinajstić information content (AvgIpc) is 2.40. The Hall–Kier alpha value is -1.89. The largest absolute Gasteiger partial charge is 0.303 e. The third-order valence-electron chi connectivity index (χ3n) is 2.58. The molecule has 0 amide bonds. The Balaban J connectivity index is 0.000000224. The molecule has 0 fully saturated rings. The van der Waals surface area contributed by atoms with E-state index in [1.807, 2.05) is 32.9 Å². The van der Waals surface area contributed by atoms with Gasteiger partial charge in [-0.15, -0.1) is 0 Å². The van der Waals surface area contributed by atoms with Gasteiger partial charge in [0.2, 0.25) is 0 Å². The summed E-state index contributed by atoms with van der Waals surface area (Å²) >= 11 is 0. The van der Waals surface area contributed by atoms with Gasteiger partial charge in [-0.1, -0.05) is 81.4 Å². The SMILES string of the molecule is CC(C)(C)CC=O.c1ccc(-c2ccccc2)cc1. The molecule has 0 saturated carbocycles. The van der Waals surface area contributed by atoms with Gasteiger partial charge in [0.15, 0.2) is 0 Å². The molecule has 0 aliphatic rings. The van der Waals surface area contributed by atoms with Crippen molar-refractivity contribution in [3.8, 4) is 11.1 Å². The molecule has 0 N–H and O–H groups in total. The van der Waals surface area contributed by atoms with Crippen molar-refractivity contribution in [1.82, 2.24) is 0 Å². The lowest BCUT2D eigenvalue weighted by molar-refractivity contribution is -0.109. The highest BCUT2D eigenvalue weighted by atomic mass is 16.1. The fourth-order valence-electron chi connectivity index (χ4n) is 1.51. The zero-order chi connectivity index (χ0) is 14.1. The Morgan fingerprint density at radius 2 is 1.16 bits per heavy atom. The molecular weight excluding hydrogens is 232 g/mol. The summed E-state index contributed by atoms with van der Waals surface area (Å²) in [6.45, 7) is 6.13. The van der Waals surface area contributed by atoms with Crippen molar-refractivity contribution in [3.05, 3.63) is 60.7 Å². The predicted molar refractivity (Wildman–Crippen MR) is 82.0 cm³/mol. The van der Waals surface area contributed by atoms with Crippen LogP contribution >= 0.6 is 0 Å². The van der Waals surface area contributed by atoms with Crippen molar-refractivity contribution in [1.29, 1.82) is 0 Å². The zero-order valence-corrected chi connectivity index (χ0v) is 12.0. The van der Waals surface area contributed by atoms with E-state index in [0.717, 1.165) is 6.29 Å². The molecule has 1 nitrogen and oxygen atoms in total. The van der Waals surface area contributed by atoms with Crippen LogP contribution in [0.5, 0.6) is 0 Å². The summed E-state index contributed by atoms with van der Waals surface area (Å²) in [7, 11) is 0. The summed E-state index contributed by atoms with van der Waals surface area (Å²) in [5, 5.41) is 0. The molecule has 0 saturated heterocycles. The van der Waals surface area contributed by atoms with Crippen molar-refractivity contribution in [3.63, 3.8) is 0 Å². The highest BCUT2D eigenvalue weighted by Gasteiger charge is 2.06. The van der Waals surface area contributed by atoms with Gasteiger partial charge in [-0.25, -0.2) is 0 Å². The maximum absolute atomic E-state index is 9.82. The fraction of sp³-hybridized carbons (Fsp3) is 0.278. The van der Waals surface area contributed by atoms with Gasteiger partial charge in [-0.05, 0) is 16.5 Å². The topological polar surface area (TPSA) is 17.1 Å². The van der Waals surface area contributed by atoms with E-state index in [2.05, 4.69) is 48.5 Å². The van der Waals surface area contributed by atoms with E-state index in [9.17, 15) is 4.79 Å². The number of hydrogen-bond donors (Lipinski definition) is 0. The maximum atomic E-state index is 9.82. The van der Waals surface area contributed by atoms with Crippen LogP contribution in [0.3, 0.4) is 0 Å². The zero-order valence-electron chi connectivity index (χ0n) is 12.0. The molecule has 19 heavy (non-hydrogen) atoms. The van der Waals surface area contributed by atoms with Crippen molar-refractivity contribution in [2.45, 2.75) is 27.2 Å². The van der Waals surface area contributed by atoms with Crippen LogP contribution in [0.4, 0.5) is 0 Å². The van der Waals surface area contributed by atoms with Crippen LogP contribution in [0, 0.1) is 5.41 Å². The Morgan fingerprint density at radius 3 is 1.37 bits per heavy atom. The summed E-state index contributed by atoms with van der Waals surface area (Å²) in [4.78, 5) is 9.82. The first kappa shape index (κ1) is 15.2. The van der Waals surface area contributed by atoms with Crippen molar-refractivity contribution < 1.29 is 4.79 Å². The second kappa shape index (κ2) is 7.52. The summed E-state index contributed by atoms with van der Waals surface area (Å²) in [6, 6.07) is 20.8. The first-order valence-electron chi connectivity index (χ1n) is 6.57. The summed E-state index contributed by atoms with van der Waals surface area (Å²) in [5.41, 5.74) is 2.73. The maximum Gasteiger partial charge on any atom is 0.120 e. The van der Waals surface area contributed by atoms with Crippen LogP contribution in [0.25, 0.3) is 11.1 Å². The first-order valence-corrected chi connectivity index (χ1v) is 6.57. The van der Waals surface area contributed by atoms with E-state index in [1.165, 1.54) is 11.1 Å². The molecular formula is C18H22O. The van der Waals surface area contributed by atoms with Gasteiger partial charge >= 0.3 is 0 Å². The van der Waals surface area contributed by atoms with Crippen LogP contribution in [0.2, 0.25) is 0 Å². The molecule has 0 aromatic heterocycles. The van der Waals surface area contributed by atoms with Gasteiger partial charge in [-0.2, -0.15) is 0 Å². The second-order valence-corrected chi connectivity index (χ2v) is 5.66. The lowest BCUT2D eigenvalue weighted by Crippen LogP contribution is -2.04. The van der Waals surface area contributed by atoms with Crippen LogP contribution in [-0.4, -0.2) is 6.29 Å². The molecule has 0 heterocycles. The van der Waals surface area contributed by atoms with E-state index >= 15 is 0 Å². The molecule has 2 aromatic carbocycles. The number of carbonyl (C=O) groups is 1. The molecule has 0 aliphatic carbocycles. The number of rotatable bonds is 2. The van der Waals surface area contributed by atoms with Crippen LogP contribution in [0.15, 0.2) is 60.7 Å². The lowest BCUT2D eigenvalue weighted by Gasteiger charge is -2.11. The molecule has 2 aromatic rings. The van der Waals surface area contributed by atoms with E-state index in [1.54, 1.807) is 0 Å². The minimum atomic E-state index is 0.182. The summed E-state index contributed by atoms with van der Waals surface area (Å²) in [5.74, 6) is 0. The van der Waals surface area contributed by atoms with Gasteiger partial charge in [0.25, 0.3) is 0 Å². The first-order chi connectivity index (χ1) is 9.03. The van der Waals surface area contributed by atoms with Gasteiger partial charge in [0.1, 0.15) is 6.29 Å². The van der Waals surface area contributed by atoms with Crippen molar-refractivity contribution in [2.24, 2.45) is 5.41 Å². The third kappa shape index (κ3) is 6.56. The normalized spacial score (nSPS) is 10.3. The lowest BCUT2D eigenvalue weighted by atomic mass is 9.93. The Kier molecular flexibility index (Phi) is 6.01. The molecule has 0 bridgehead atoms. The smallest absolute Gasteiger partial charge is 0.120 e. The molecule has 0 aliphatic heterocycles. The molecule has 0 unspecified atom stereocenters. The monoisotopic (exact) mass is 254 g/mol. The minimum absolute atomic E-state index is 0.182. The third-order valence-corrected chi connectivity index (χ3v) is 2.58. The van der Waals surface area contributed by atoms with E-state index in [4.69, 9.17) is 0 Å². The van der Waals surface area contributed by atoms with Crippen molar-refractivity contribution >= 4 is 6.29 Å². The summed E-state index contributed by atoms with van der Waals surface area (Å²) < 4.78 is 0. The summed E-state index contributed by atoms with van der Waals surface area (Å²) in [6.07, 6.45) is 1.62. The standard InChI is InChI=1S/C12H10.C6H12O/c1-3-7-11(8-4-1)12-9-5-2-6-10-12;1-6(2,3)4-5-7/h1-10H;5H,4H2,1-3H3. The van der Waals surface area contributed by atoms with Crippen LogP contribution in [-0.2, 0) is 4.79 Å². The number of carbonyl (C=O) groups excluding carboxylic acids is 1. The molecule has 0 atom stereocenters. The molecule has 2 rings (SSSR count). The highest BCUT2D eigenvalue weighted by molar-refractivity contribution is 5.62. The molecule has 0 spiro atoms. The molecule has 100 valence electrons. The van der Waals surface area contributed by atoms with Gasteiger partial charge in [0, 0.05) is 6.42 Å². The average molecular weight is 254 g/mol. The predicted octanol–water partition coefficient (Wildman–Crippen LogP) is 4.98. The minimum Gasteiger partial charge on any atom is -0.303 e. The van der Waals surface area contributed by atoms with E-state index < -0.39 is 0 Å². The number of hydrogen-bond acceptors (Lipinski definition) is 1. The Bertz CT molecular complexity index is 429. The van der Waals surface area contributed by atoms with Crippen LogP contribution < -0.4 is 0 Å². The highest BCUT2D eigenvalue weighted by Crippen LogP contribution is 2.17. The van der Waals surface area contributed by atoms with Gasteiger partial charge < -0.3 is 4.79 Å². The second-order valence-electron chi connectivity index (χ2n) is 5.66. The molecule has 1 heteroatoms. The van der Waals surface area contributed by atoms with E-state index in [-0.39, 0.29) is 5.41 Å². The number of aldehydes is 1. The Morgan fingerprint density at radius 1 is 0.789 bits per heavy atom. The molecule has 0 radical (unpaired) electrons. The fourth-order valence-corrected chi connectivity index (χ4v) is 1.51. The van der Waals surface area contributed by atoms with Crippen molar-refractivity contribution in [2.75, 3.05) is 0 Å².